The monoisotopic (exact) mass is 289 g/mol. The highest BCUT2D eigenvalue weighted by molar-refractivity contribution is 5.75. The maximum atomic E-state index is 11.7. The molecule has 4 nitrogen and oxygen atoms in total. The van der Waals surface area contributed by atoms with Gasteiger partial charge in [-0.15, -0.1) is 0 Å². The number of carbonyl (C=O) groups is 1. The van der Waals surface area contributed by atoms with Gasteiger partial charge in [0.05, 0.1) is 0 Å². The molecule has 2 rings (SSSR count). The van der Waals surface area contributed by atoms with Gasteiger partial charge in [-0.3, -0.25) is 9.78 Å². The van der Waals surface area contributed by atoms with Gasteiger partial charge in [-0.25, -0.2) is 0 Å². The van der Waals surface area contributed by atoms with Gasteiger partial charge in [0.15, 0.2) is 0 Å². The van der Waals surface area contributed by atoms with Gasteiger partial charge < -0.3 is 9.80 Å². The van der Waals surface area contributed by atoms with Crippen molar-refractivity contribution in [2.75, 3.05) is 32.1 Å². The van der Waals surface area contributed by atoms with Gasteiger partial charge in [-0.2, -0.15) is 0 Å². The first kappa shape index (κ1) is 15.8. The fraction of sp³-hybridized carbons (Fsp3) is 0.647. The first-order chi connectivity index (χ1) is 9.95. The average molecular weight is 289 g/mol. The molecule has 4 heteroatoms. The van der Waals surface area contributed by atoms with Crippen LogP contribution < -0.4 is 4.90 Å². The molecule has 0 aliphatic carbocycles. The molecule has 2 heterocycles. The van der Waals surface area contributed by atoms with E-state index in [1.54, 1.807) is 4.90 Å². The Morgan fingerprint density at radius 3 is 2.62 bits per heavy atom. The van der Waals surface area contributed by atoms with Crippen molar-refractivity contribution in [2.45, 2.75) is 39.5 Å². The molecule has 21 heavy (non-hydrogen) atoms. The Kier molecular flexibility index (Phi) is 5.21. The molecule has 1 aromatic rings. The number of hydrogen-bond acceptors (Lipinski definition) is 3. The Labute approximate surface area is 128 Å². The lowest BCUT2D eigenvalue weighted by Gasteiger charge is -2.34. The van der Waals surface area contributed by atoms with Gasteiger partial charge in [-0.1, -0.05) is 0 Å². The van der Waals surface area contributed by atoms with Gasteiger partial charge >= 0.3 is 0 Å². The van der Waals surface area contributed by atoms with Crippen LogP contribution in [0.3, 0.4) is 0 Å². The molecule has 0 bridgehead atoms. The summed E-state index contributed by atoms with van der Waals surface area (Å²) in [6.45, 7) is 6.27. The molecule has 1 atom stereocenters. The zero-order valence-electron chi connectivity index (χ0n) is 13.7. The van der Waals surface area contributed by atoms with Gasteiger partial charge in [0.1, 0.15) is 0 Å². The fourth-order valence-electron chi connectivity index (χ4n) is 3.08. The van der Waals surface area contributed by atoms with Gasteiger partial charge in [0, 0.05) is 50.7 Å². The van der Waals surface area contributed by atoms with Crippen LogP contribution in [0, 0.1) is 19.8 Å². The molecule has 116 valence electrons. The number of aromatic nitrogens is 1. The first-order valence-corrected chi connectivity index (χ1v) is 7.86. The summed E-state index contributed by atoms with van der Waals surface area (Å²) in [6.07, 6.45) is 4.11. The number of nitrogens with zero attached hydrogens (tertiary/aromatic N) is 3. The van der Waals surface area contributed by atoms with Crippen LogP contribution in [0.2, 0.25) is 0 Å². The molecule has 0 radical (unpaired) electrons. The Hall–Kier alpha value is -1.58. The van der Waals surface area contributed by atoms with Crippen LogP contribution in [-0.4, -0.2) is 43.0 Å². The van der Waals surface area contributed by atoms with Gasteiger partial charge in [0.25, 0.3) is 0 Å². The Morgan fingerprint density at radius 1 is 1.33 bits per heavy atom. The Bertz CT molecular complexity index is 479. The summed E-state index contributed by atoms with van der Waals surface area (Å²) in [5.41, 5.74) is 3.44. The van der Waals surface area contributed by atoms with E-state index in [1.165, 1.54) is 18.5 Å². The molecular formula is C17H27N3O. The second kappa shape index (κ2) is 6.92. The topological polar surface area (TPSA) is 36.4 Å². The highest BCUT2D eigenvalue weighted by Gasteiger charge is 2.21. The lowest BCUT2D eigenvalue weighted by Crippen LogP contribution is -2.36. The van der Waals surface area contributed by atoms with Crippen molar-refractivity contribution in [3.8, 4) is 0 Å². The van der Waals surface area contributed by atoms with Crippen molar-refractivity contribution in [2.24, 2.45) is 5.92 Å². The summed E-state index contributed by atoms with van der Waals surface area (Å²) >= 11 is 0. The van der Waals surface area contributed by atoms with Gasteiger partial charge in [-0.05, 0) is 51.2 Å². The van der Waals surface area contributed by atoms with E-state index in [9.17, 15) is 4.79 Å². The Balaban J connectivity index is 1.95. The van der Waals surface area contributed by atoms with Crippen molar-refractivity contribution in [1.82, 2.24) is 9.88 Å². The van der Waals surface area contributed by atoms with Crippen LogP contribution in [0.1, 0.15) is 37.1 Å². The minimum Gasteiger partial charge on any atom is -0.371 e. The summed E-state index contributed by atoms with van der Waals surface area (Å²) in [5, 5.41) is 0. The van der Waals surface area contributed by atoms with Crippen LogP contribution in [0.15, 0.2) is 12.1 Å². The van der Waals surface area contributed by atoms with Crippen LogP contribution in [0.25, 0.3) is 0 Å². The third-order valence-electron chi connectivity index (χ3n) is 4.22. The van der Waals surface area contributed by atoms with E-state index in [4.69, 9.17) is 0 Å². The number of hydrogen-bond donors (Lipinski definition) is 0. The predicted molar refractivity (Wildman–Crippen MR) is 86.6 cm³/mol. The van der Waals surface area contributed by atoms with Crippen LogP contribution in [-0.2, 0) is 4.79 Å². The summed E-state index contributed by atoms with van der Waals surface area (Å²) in [7, 11) is 3.66. The minimum absolute atomic E-state index is 0.239. The second-order valence-electron chi connectivity index (χ2n) is 6.39. The van der Waals surface area contributed by atoms with Crippen molar-refractivity contribution in [1.29, 1.82) is 0 Å². The van der Waals surface area contributed by atoms with E-state index in [1.807, 2.05) is 27.9 Å². The normalized spacial score (nSPS) is 18.7. The molecule has 0 spiro atoms. The first-order valence-electron chi connectivity index (χ1n) is 7.86. The largest absolute Gasteiger partial charge is 0.371 e. The zero-order chi connectivity index (χ0) is 15.4. The number of amides is 1. The zero-order valence-corrected chi connectivity index (χ0v) is 13.7. The van der Waals surface area contributed by atoms with Crippen molar-refractivity contribution in [3.63, 3.8) is 0 Å². The molecule has 1 aliphatic heterocycles. The average Bonchev–Trinajstić information content (AvgIpc) is 2.44. The SMILES string of the molecule is Cc1cc(N2CCCC(CCC(=O)N(C)C)C2)cc(C)n1. The summed E-state index contributed by atoms with van der Waals surface area (Å²) < 4.78 is 0. The number of carbonyl (C=O) groups excluding carboxylic acids is 1. The number of anilines is 1. The molecule has 1 unspecified atom stereocenters. The van der Waals surface area contributed by atoms with Crippen LogP contribution >= 0.6 is 0 Å². The van der Waals surface area contributed by atoms with Crippen molar-refractivity contribution < 1.29 is 4.79 Å². The summed E-state index contributed by atoms with van der Waals surface area (Å²) in [6, 6.07) is 4.33. The molecule has 1 aliphatic rings. The highest BCUT2D eigenvalue weighted by atomic mass is 16.2. The smallest absolute Gasteiger partial charge is 0.222 e. The third-order valence-corrected chi connectivity index (χ3v) is 4.22. The molecule has 1 fully saturated rings. The van der Waals surface area contributed by atoms with Crippen molar-refractivity contribution >= 4 is 11.6 Å². The number of pyridine rings is 1. The highest BCUT2D eigenvalue weighted by Crippen LogP contribution is 2.26. The predicted octanol–water partition coefficient (Wildman–Crippen LogP) is 2.78. The molecular weight excluding hydrogens is 262 g/mol. The van der Waals surface area contributed by atoms with Crippen LogP contribution in [0.4, 0.5) is 5.69 Å². The number of piperidine rings is 1. The molecule has 1 amide bonds. The standard InChI is InChI=1S/C17H27N3O/c1-13-10-16(11-14(2)18-13)20-9-5-6-15(12-20)7-8-17(21)19(3)4/h10-11,15H,5-9,12H2,1-4H3. The quantitative estimate of drug-likeness (QED) is 0.855. The van der Waals surface area contributed by atoms with E-state index in [-0.39, 0.29) is 5.91 Å². The molecule has 0 saturated carbocycles. The fourth-order valence-corrected chi connectivity index (χ4v) is 3.08. The van der Waals surface area contributed by atoms with E-state index in [0.717, 1.165) is 30.9 Å². The second-order valence-corrected chi connectivity index (χ2v) is 6.39. The van der Waals surface area contributed by atoms with Crippen LogP contribution in [0.5, 0.6) is 0 Å². The number of aryl methyl sites for hydroxylation is 2. The van der Waals surface area contributed by atoms with E-state index in [0.29, 0.717) is 12.3 Å². The lowest BCUT2D eigenvalue weighted by molar-refractivity contribution is -0.129. The van der Waals surface area contributed by atoms with Crippen molar-refractivity contribution in [3.05, 3.63) is 23.5 Å². The minimum atomic E-state index is 0.239. The van der Waals surface area contributed by atoms with E-state index < -0.39 is 0 Å². The summed E-state index contributed by atoms with van der Waals surface area (Å²) in [4.78, 5) is 20.3. The Morgan fingerprint density at radius 2 is 2.00 bits per heavy atom. The van der Waals surface area contributed by atoms with E-state index in [2.05, 4.69) is 22.0 Å². The molecule has 0 N–H and O–H groups in total. The maximum absolute atomic E-state index is 11.7. The summed E-state index contributed by atoms with van der Waals surface area (Å²) in [5.74, 6) is 0.860. The lowest BCUT2D eigenvalue weighted by atomic mass is 9.92. The molecule has 1 saturated heterocycles. The maximum Gasteiger partial charge on any atom is 0.222 e. The molecule has 0 aromatic carbocycles. The van der Waals surface area contributed by atoms with Gasteiger partial charge in [0.2, 0.25) is 5.91 Å². The number of rotatable bonds is 4. The molecule has 1 aromatic heterocycles. The third kappa shape index (κ3) is 4.45. The van der Waals surface area contributed by atoms with E-state index >= 15 is 0 Å².